The summed E-state index contributed by atoms with van der Waals surface area (Å²) in [5, 5.41) is 9.70. The molecule has 0 bridgehead atoms. The monoisotopic (exact) mass is 409 g/mol. The number of para-hydroxylation sites is 1. The Hall–Kier alpha value is -2.76. The number of hydrogen-bond donors (Lipinski definition) is 2. The maximum atomic E-state index is 12.5. The molecule has 6 heteroatoms. The molecule has 0 atom stereocenters. The van der Waals surface area contributed by atoms with Crippen LogP contribution < -0.4 is 10.6 Å². The number of carbonyl (C=O) groups is 1. The van der Waals surface area contributed by atoms with Crippen molar-refractivity contribution < 1.29 is 4.79 Å². The van der Waals surface area contributed by atoms with Crippen LogP contribution in [0.5, 0.6) is 0 Å². The van der Waals surface area contributed by atoms with Crippen LogP contribution in [0, 0.1) is 6.92 Å². The van der Waals surface area contributed by atoms with Gasteiger partial charge in [0.1, 0.15) is 0 Å². The molecule has 2 aromatic carbocycles. The van der Waals surface area contributed by atoms with Crippen LogP contribution in [0.25, 0.3) is 21.5 Å². The minimum atomic E-state index is -0.254. The Kier molecular flexibility index (Phi) is 5.11. The van der Waals surface area contributed by atoms with E-state index in [4.69, 9.17) is 11.6 Å². The lowest BCUT2D eigenvalue weighted by Gasteiger charge is -2.11. The summed E-state index contributed by atoms with van der Waals surface area (Å²) in [5.74, 6) is 0. The van der Waals surface area contributed by atoms with E-state index in [0.29, 0.717) is 17.3 Å². The van der Waals surface area contributed by atoms with Crippen molar-refractivity contribution in [3.05, 3.63) is 76.1 Å². The summed E-state index contributed by atoms with van der Waals surface area (Å²) in [6, 6.07) is 17.6. The SMILES string of the molecule is Cc1ccc(Cl)cc1NC(=O)NCc1c(-c2cccs2)n(C)c2ccccc12. The first-order chi connectivity index (χ1) is 13.5. The molecule has 142 valence electrons. The molecule has 2 amide bonds. The van der Waals surface area contributed by atoms with Crippen LogP contribution in [0.4, 0.5) is 10.5 Å². The number of halogens is 1. The van der Waals surface area contributed by atoms with Gasteiger partial charge < -0.3 is 15.2 Å². The molecule has 0 fully saturated rings. The highest BCUT2D eigenvalue weighted by atomic mass is 35.5. The number of benzene rings is 2. The quantitative estimate of drug-likeness (QED) is 0.414. The van der Waals surface area contributed by atoms with E-state index in [-0.39, 0.29) is 6.03 Å². The zero-order chi connectivity index (χ0) is 19.7. The number of aromatic nitrogens is 1. The number of carbonyl (C=O) groups excluding carboxylic acids is 1. The Labute approximate surface area is 172 Å². The van der Waals surface area contributed by atoms with Crippen molar-refractivity contribution in [2.45, 2.75) is 13.5 Å². The van der Waals surface area contributed by atoms with Gasteiger partial charge in [0, 0.05) is 40.8 Å². The number of urea groups is 1. The molecule has 2 N–H and O–H groups in total. The fourth-order valence-corrected chi connectivity index (χ4v) is 4.45. The Balaban J connectivity index is 1.62. The summed E-state index contributed by atoms with van der Waals surface area (Å²) in [4.78, 5) is 13.7. The third-order valence-corrected chi connectivity index (χ3v) is 5.95. The van der Waals surface area contributed by atoms with Crippen LogP contribution in [0.3, 0.4) is 0 Å². The van der Waals surface area contributed by atoms with Crippen LogP contribution in [0.2, 0.25) is 5.02 Å². The number of fused-ring (bicyclic) bond motifs is 1. The molecule has 0 saturated heterocycles. The predicted octanol–water partition coefficient (Wildman–Crippen LogP) is 6.19. The van der Waals surface area contributed by atoms with Crippen LogP contribution in [-0.2, 0) is 13.6 Å². The first-order valence-corrected chi connectivity index (χ1v) is 10.2. The van der Waals surface area contributed by atoms with E-state index in [1.165, 1.54) is 4.88 Å². The highest BCUT2D eigenvalue weighted by molar-refractivity contribution is 7.13. The highest BCUT2D eigenvalue weighted by Crippen LogP contribution is 2.35. The van der Waals surface area contributed by atoms with Gasteiger partial charge in [-0.05, 0) is 42.1 Å². The predicted molar refractivity (Wildman–Crippen MR) is 118 cm³/mol. The van der Waals surface area contributed by atoms with E-state index in [0.717, 1.165) is 27.7 Å². The lowest BCUT2D eigenvalue weighted by atomic mass is 10.1. The van der Waals surface area contributed by atoms with Gasteiger partial charge in [0.05, 0.1) is 10.6 Å². The number of aryl methyl sites for hydroxylation is 2. The molecule has 0 radical (unpaired) electrons. The van der Waals surface area contributed by atoms with Crippen molar-refractivity contribution in [2.24, 2.45) is 7.05 Å². The molecule has 0 saturated carbocycles. The van der Waals surface area contributed by atoms with E-state index in [1.807, 2.05) is 37.3 Å². The standard InChI is InChI=1S/C22H20ClN3OS/c1-14-9-10-15(23)12-18(14)25-22(27)24-13-17-16-6-3-4-7-19(16)26(2)21(17)20-8-5-11-28-20/h3-12H,13H2,1-2H3,(H2,24,25,27). The first-order valence-electron chi connectivity index (χ1n) is 8.96. The molecule has 0 unspecified atom stereocenters. The van der Waals surface area contributed by atoms with Gasteiger partial charge >= 0.3 is 6.03 Å². The minimum absolute atomic E-state index is 0.254. The summed E-state index contributed by atoms with van der Waals surface area (Å²) in [6.45, 7) is 2.37. The van der Waals surface area contributed by atoms with Gasteiger partial charge in [0.15, 0.2) is 0 Å². The van der Waals surface area contributed by atoms with Gasteiger partial charge in [0.25, 0.3) is 0 Å². The van der Waals surface area contributed by atoms with Gasteiger partial charge in [0.2, 0.25) is 0 Å². The van der Waals surface area contributed by atoms with Gasteiger partial charge in [-0.25, -0.2) is 4.79 Å². The second kappa shape index (κ2) is 7.70. The molecule has 4 rings (SSSR count). The van der Waals surface area contributed by atoms with Gasteiger partial charge in [-0.2, -0.15) is 0 Å². The molecule has 2 aromatic heterocycles. The van der Waals surface area contributed by atoms with Crippen LogP contribution in [0.1, 0.15) is 11.1 Å². The van der Waals surface area contributed by atoms with Crippen LogP contribution in [-0.4, -0.2) is 10.6 Å². The Morgan fingerprint density at radius 3 is 2.75 bits per heavy atom. The van der Waals surface area contributed by atoms with Crippen molar-refractivity contribution >= 4 is 45.6 Å². The summed E-state index contributed by atoms with van der Waals surface area (Å²) in [6.07, 6.45) is 0. The van der Waals surface area contributed by atoms with Crippen molar-refractivity contribution in [1.82, 2.24) is 9.88 Å². The largest absolute Gasteiger partial charge is 0.343 e. The number of anilines is 1. The van der Waals surface area contributed by atoms with Crippen molar-refractivity contribution in [3.8, 4) is 10.6 Å². The average Bonchev–Trinajstić information content (AvgIpc) is 3.30. The lowest BCUT2D eigenvalue weighted by molar-refractivity contribution is 0.252. The fraction of sp³-hybridized carbons (Fsp3) is 0.136. The number of nitrogens with zero attached hydrogens (tertiary/aromatic N) is 1. The minimum Gasteiger partial charge on any atom is -0.343 e. The van der Waals surface area contributed by atoms with Gasteiger partial charge in [-0.15, -0.1) is 11.3 Å². The van der Waals surface area contributed by atoms with Crippen molar-refractivity contribution in [1.29, 1.82) is 0 Å². The summed E-state index contributed by atoms with van der Waals surface area (Å²) >= 11 is 7.74. The third kappa shape index (κ3) is 3.51. The number of rotatable bonds is 4. The molecule has 0 aliphatic carbocycles. The molecular formula is C22H20ClN3OS. The molecule has 4 nitrogen and oxygen atoms in total. The number of nitrogens with one attached hydrogen (secondary N) is 2. The summed E-state index contributed by atoms with van der Waals surface area (Å²) in [7, 11) is 2.07. The Bertz CT molecular complexity index is 1150. The number of hydrogen-bond acceptors (Lipinski definition) is 2. The molecule has 0 aliphatic heterocycles. The van der Waals surface area contributed by atoms with Crippen LogP contribution in [0.15, 0.2) is 60.0 Å². The molecular weight excluding hydrogens is 390 g/mol. The number of thiophene rings is 1. The summed E-state index contributed by atoms with van der Waals surface area (Å²) < 4.78 is 2.19. The normalized spacial score (nSPS) is 11.0. The smallest absolute Gasteiger partial charge is 0.319 e. The maximum Gasteiger partial charge on any atom is 0.319 e. The van der Waals surface area contributed by atoms with Crippen LogP contribution >= 0.6 is 22.9 Å². The fourth-order valence-electron chi connectivity index (χ4n) is 3.44. The Morgan fingerprint density at radius 2 is 1.96 bits per heavy atom. The maximum absolute atomic E-state index is 12.5. The van der Waals surface area contributed by atoms with E-state index in [1.54, 1.807) is 17.4 Å². The molecule has 4 aromatic rings. The molecule has 2 heterocycles. The zero-order valence-corrected chi connectivity index (χ0v) is 17.2. The second-order valence-electron chi connectivity index (χ2n) is 6.65. The average molecular weight is 410 g/mol. The zero-order valence-electron chi connectivity index (χ0n) is 15.6. The molecule has 0 spiro atoms. The van der Waals surface area contributed by atoms with E-state index in [2.05, 4.69) is 45.8 Å². The Morgan fingerprint density at radius 1 is 1.14 bits per heavy atom. The van der Waals surface area contributed by atoms with Gasteiger partial charge in [-0.3, -0.25) is 0 Å². The second-order valence-corrected chi connectivity index (χ2v) is 8.03. The molecule has 0 aliphatic rings. The molecule has 28 heavy (non-hydrogen) atoms. The lowest BCUT2D eigenvalue weighted by Crippen LogP contribution is -2.28. The first kappa shape index (κ1) is 18.6. The number of amides is 2. The topological polar surface area (TPSA) is 46.1 Å². The van der Waals surface area contributed by atoms with E-state index < -0.39 is 0 Å². The van der Waals surface area contributed by atoms with Crippen molar-refractivity contribution in [3.63, 3.8) is 0 Å². The van der Waals surface area contributed by atoms with Crippen molar-refractivity contribution in [2.75, 3.05) is 5.32 Å². The van der Waals surface area contributed by atoms with Gasteiger partial charge in [-0.1, -0.05) is 41.9 Å². The summed E-state index contributed by atoms with van der Waals surface area (Å²) in [5.41, 5.74) is 5.06. The van der Waals surface area contributed by atoms with E-state index in [9.17, 15) is 4.79 Å². The highest BCUT2D eigenvalue weighted by Gasteiger charge is 2.17. The third-order valence-electron chi connectivity index (χ3n) is 4.84. The van der Waals surface area contributed by atoms with E-state index >= 15 is 0 Å².